The fourth-order valence-corrected chi connectivity index (χ4v) is 3.82. The molecule has 1 aliphatic rings. The minimum atomic E-state index is -0.629. The number of nitrogens with one attached hydrogen (secondary N) is 2. The van der Waals surface area contributed by atoms with Gasteiger partial charge >= 0.3 is 6.09 Å². The number of azo groups is 1. The number of rotatable bonds is 8. The molecule has 0 aliphatic carbocycles. The number of halogens is 1. The summed E-state index contributed by atoms with van der Waals surface area (Å²) in [6.07, 6.45) is 2.74. The van der Waals surface area contributed by atoms with Crippen LogP contribution in [-0.2, 0) is 9.47 Å². The number of hydrogen-bond acceptors (Lipinski definition) is 9. The Bertz CT molecular complexity index is 1400. The van der Waals surface area contributed by atoms with Crippen molar-refractivity contribution in [1.82, 2.24) is 14.5 Å². The Kier molecular flexibility index (Phi) is 8.11. The summed E-state index contributed by atoms with van der Waals surface area (Å²) in [6.45, 7) is 3.42. The predicted octanol–water partition coefficient (Wildman–Crippen LogP) is 2.62. The van der Waals surface area contributed by atoms with Crippen LogP contribution >= 0.6 is 0 Å². The first-order valence-corrected chi connectivity index (χ1v) is 11.7. The summed E-state index contributed by atoms with van der Waals surface area (Å²) < 4.78 is 26.1. The molecule has 0 unspecified atom stereocenters. The van der Waals surface area contributed by atoms with Crippen molar-refractivity contribution in [1.29, 1.82) is 0 Å². The number of carbonyl (C=O) groups is 2. The van der Waals surface area contributed by atoms with Crippen LogP contribution in [0.5, 0.6) is 0 Å². The highest BCUT2D eigenvalue weighted by molar-refractivity contribution is 6.10. The van der Waals surface area contributed by atoms with Crippen LogP contribution in [0.1, 0.15) is 21.5 Å². The van der Waals surface area contributed by atoms with Gasteiger partial charge in [0, 0.05) is 31.2 Å². The summed E-state index contributed by atoms with van der Waals surface area (Å²) >= 11 is 0. The molecule has 1 saturated heterocycles. The standard InChI is InChI=1S/C24H28FN9O4/c1-14-8-19(25)17(22(30-26)32-31-16-12-33(13-16)24(36)38-3)10-20(14)29-23(35)18-11-28-34-6-4-15(9-21(18)34)27-5-7-37-2/h4,6,8-11,16,27H,5,7,12-13,26H2,1-3H3,(H,29,35)/b30-22-,32-31?. The van der Waals surface area contributed by atoms with Crippen LogP contribution in [-0.4, -0.2) is 78.9 Å². The lowest BCUT2D eigenvalue weighted by molar-refractivity contribution is 0.0885. The average molecular weight is 526 g/mol. The summed E-state index contributed by atoms with van der Waals surface area (Å²) in [5, 5.41) is 21.9. The summed E-state index contributed by atoms with van der Waals surface area (Å²) in [4.78, 5) is 26.1. The molecule has 0 spiro atoms. The van der Waals surface area contributed by atoms with Crippen LogP contribution in [0.25, 0.3) is 5.52 Å². The molecule has 14 heteroatoms. The van der Waals surface area contributed by atoms with E-state index in [4.69, 9.17) is 10.6 Å². The second-order valence-corrected chi connectivity index (χ2v) is 8.52. The van der Waals surface area contributed by atoms with Gasteiger partial charge in [0.2, 0.25) is 5.84 Å². The normalized spacial score (nSPS) is 14.1. The molecule has 0 radical (unpaired) electrons. The van der Waals surface area contributed by atoms with Crippen molar-refractivity contribution in [2.75, 3.05) is 51.1 Å². The molecule has 2 aromatic heterocycles. The van der Waals surface area contributed by atoms with E-state index in [1.807, 2.05) is 12.1 Å². The number of likely N-dealkylation sites (tertiary alicyclic amines) is 1. The number of hydrogen-bond donors (Lipinski definition) is 3. The molecular formula is C24H28FN9O4. The van der Waals surface area contributed by atoms with E-state index in [1.54, 1.807) is 24.7 Å². The fraction of sp³-hybridized carbons (Fsp3) is 0.333. The Morgan fingerprint density at radius 1 is 1.24 bits per heavy atom. The molecule has 13 nitrogen and oxygen atoms in total. The maximum absolute atomic E-state index is 14.8. The molecule has 1 aliphatic heterocycles. The van der Waals surface area contributed by atoms with Gasteiger partial charge in [-0.25, -0.2) is 13.7 Å². The highest BCUT2D eigenvalue weighted by Gasteiger charge is 2.31. The Hall–Kier alpha value is -4.59. The molecule has 38 heavy (non-hydrogen) atoms. The number of amidine groups is 1. The first kappa shape index (κ1) is 26.5. The van der Waals surface area contributed by atoms with Crippen molar-refractivity contribution in [3.63, 3.8) is 0 Å². The van der Waals surface area contributed by atoms with E-state index in [-0.39, 0.29) is 17.4 Å². The number of hydrazone groups is 1. The lowest BCUT2D eigenvalue weighted by atomic mass is 10.1. The van der Waals surface area contributed by atoms with Crippen LogP contribution < -0.4 is 16.5 Å². The van der Waals surface area contributed by atoms with Gasteiger partial charge in [0.1, 0.15) is 11.9 Å². The first-order valence-electron chi connectivity index (χ1n) is 11.7. The maximum atomic E-state index is 14.8. The molecular weight excluding hydrogens is 497 g/mol. The Morgan fingerprint density at radius 2 is 2.03 bits per heavy atom. The lowest BCUT2D eigenvalue weighted by Crippen LogP contribution is -2.52. The van der Waals surface area contributed by atoms with Gasteiger partial charge in [-0.05, 0) is 36.8 Å². The minimum absolute atomic E-state index is 0.0363. The molecule has 3 aromatic rings. The molecule has 2 amide bonds. The smallest absolute Gasteiger partial charge is 0.409 e. The zero-order chi connectivity index (χ0) is 27.2. The van der Waals surface area contributed by atoms with Gasteiger partial charge < -0.3 is 30.8 Å². The molecule has 0 atom stereocenters. The van der Waals surface area contributed by atoms with Crippen molar-refractivity contribution in [3.8, 4) is 0 Å². The third-order valence-electron chi connectivity index (χ3n) is 5.94. The first-order chi connectivity index (χ1) is 18.3. The summed E-state index contributed by atoms with van der Waals surface area (Å²) in [7, 11) is 2.91. The summed E-state index contributed by atoms with van der Waals surface area (Å²) in [5.74, 6) is 4.26. The number of amides is 2. The Morgan fingerprint density at radius 3 is 2.74 bits per heavy atom. The molecule has 1 aromatic carbocycles. The van der Waals surface area contributed by atoms with Gasteiger partial charge in [0.05, 0.1) is 49.6 Å². The van der Waals surface area contributed by atoms with Crippen molar-refractivity contribution >= 4 is 34.7 Å². The van der Waals surface area contributed by atoms with E-state index in [0.29, 0.717) is 48.6 Å². The van der Waals surface area contributed by atoms with Gasteiger partial charge in [-0.3, -0.25) is 4.79 Å². The molecule has 0 bridgehead atoms. The number of ether oxygens (including phenoxy) is 2. The minimum Gasteiger partial charge on any atom is -0.453 e. The van der Waals surface area contributed by atoms with E-state index in [9.17, 15) is 14.0 Å². The van der Waals surface area contributed by atoms with Crippen molar-refractivity contribution < 1.29 is 23.5 Å². The second kappa shape index (κ2) is 11.6. The number of fused-ring (bicyclic) bond motifs is 1. The van der Waals surface area contributed by atoms with Gasteiger partial charge in [0.15, 0.2) is 0 Å². The maximum Gasteiger partial charge on any atom is 0.409 e. The number of aryl methyl sites for hydroxylation is 1. The number of methoxy groups -OCH3 is 2. The number of nitrogens with zero attached hydrogens (tertiary/aromatic N) is 6. The average Bonchev–Trinajstić information content (AvgIpc) is 3.31. The van der Waals surface area contributed by atoms with Crippen molar-refractivity contribution in [3.05, 3.63) is 59.2 Å². The lowest BCUT2D eigenvalue weighted by Gasteiger charge is -2.34. The number of anilines is 2. The molecule has 4 rings (SSSR count). The number of benzene rings is 1. The molecule has 1 fully saturated rings. The van der Waals surface area contributed by atoms with Crippen LogP contribution in [0.4, 0.5) is 20.6 Å². The molecule has 3 heterocycles. The predicted molar refractivity (Wildman–Crippen MR) is 138 cm³/mol. The van der Waals surface area contributed by atoms with Gasteiger partial charge in [-0.15, -0.1) is 5.11 Å². The van der Waals surface area contributed by atoms with E-state index >= 15 is 0 Å². The topological polar surface area (TPSA) is 160 Å². The number of nitrogens with two attached hydrogens (primary N) is 1. The Labute approximate surface area is 217 Å². The van der Waals surface area contributed by atoms with Crippen LogP contribution in [0, 0.1) is 12.7 Å². The summed E-state index contributed by atoms with van der Waals surface area (Å²) in [5.41, 5.74) is 2.52. The monoisotopic (exact) mass is 525 g/mol. The van der Waals surface area contributed by atoms with Crippen LogP contribution in [0.2, 0.25) is 0 Å². The van der Waals surface area contributed by atoms with E-state index in [1.165, 1.54) is 30.3 Å². The fourth-order valence-electron chi connectivity index (χ4n) is 3.82. The summed E-state index contributed by atoms with van der Waals surface area (Å²) in [6, 6.07) is 6.01. The second-order valence-electron chi connectivity index (χ2n) is 8.52. The van der Waals surface area contributed by atoms with Crippen LogP contribution in [0.15, 0.2) is 52.0 Å². The zero-order valence-corrected chi connectivity index (χ0v) is 21.1. The molecule has 0 saturated carbocycles. The van der Waals surface area contributed by atoms with Gasteiger partial charge in [0.25, 0.3) is 5.91 Å². The quantitative estimate of drug-likeness (QED) is 0.102. The third-order valence-corrected chi connectivity index (χ3v) is 5.94. The third kappa shape index (κ3) is 5.70. The SMILES string of the molecule is COCCNc1ccn2ncc(C(=O)Nc3cc(/C(N=NC4CN(C(=O)OC)C4)=N/N)c(F)cc3C)c2c1. The van der Waals surface area contributed by atoms with E-state index in [2.05, 4.69) is 35.8 Å². The van der Waals surface area contributed by atoms with Gasteiger partial charge in [-0.1, -0.05) is 0 Å². The highest BCUT2D eigenvalue weighted by atomic mass is 19.1. The zero-order valence-electron chi connectivity index (χ0n) is 21.1. The van der Waals surface area contributed by atoms with Crippen LogP contribution in [0.3, 0.4) is 0 Å². The largest absolute Gasteiger partial charge is 0.453 e. The molecule has 200 valence electrons. The highest BCUT2D eigenvalue weighted by Crippen LogP contribution is 2.24. The molecule has 4 N–H and O–H groups in total. The Balaban J connectivity index is 1.51. The van der Waals surface area contributed by atoms with E-state index in [0.717, 1.165) is 5.69 Å². The van der Waals surface area contributed by atoms with Crippen molar-refractivity contribution in [2.45, 2.75) is 13.0 Å². The van der Waals surface area contributed by atoms with Crippen molar-refractivity contribution in [2.24, 2.45) is 21.2 Å². The van der Waals surface area contributed by atoms with E-state index < -0.39 is 17.8 Å². The van der Waals surface area contributed by atoms with Gasteiger partial charge in [-0.2, -0.15) is 15.3 Å². The number of carbonyl (C=O) groups excluding carboxylic acids is 2. The number of aromatic nitrogens is 2. The number of pyridine rings is 1.